The number of hydrogen-bond donors (Lipinski definition) is 1. The molecule has 4 rings (SSSR count). The summed E-state index contributed by atoms with van der Waals surface area (Å²) in [5, 5.41) is 19.0. The van der Waals surface area contributed by atoms with Gasteiger partial charge in [0.15, 0.2) is 11.6 Å². The molecule has 10 nitrogen and oxygen atoms in total. The molecule has 26 heavy (non-hydrogen) atoms. The van der Waals surface area contributed by atoms with Crippen LogP contribution in [0.1, 0.15) is 18.5 Å². The Labute approximate surface area is 149 Å². The third-order valence-corrected chi connectivity index (χ3v) is 4.28. The van der Waals surface area contributed by atoms with Gasteiger partial charge in [0.1, 0.15) is 12.7 Å². The maximum Gasteiger partial charge on any atom is 0.231 e. The van der Waals surface area contributed by atoms with Crippen molar-refractivity contribution in [3.63, 3.8) is 0 Å². The van der Waals surface area contributed by atoms with E-state index >= 15 is 0 Å². The van der Waals surface area contributed by atoms with Gasteiger partial charge in [0.05, 0.1) is 11.6 Å². The number of piperidine rings is 1. The molecule has 1 N–H and O–H groups in total. The van der Waals surface area contributed by atoms with Crippen molar-refractivity contribution >= 4 is 17.6 Å². The largest absolute Gasteiger partial charge is 0.354 e. The number of nitrogens with zero attached hydrogens (tertiary/aromatic N) is 7. The highest BCUT2D eigenvalue weighted by molar-refractivity contribution is 5.91. The molecule has 1 amide bonds. The summed E-state index contributed by atoms with van der Waals surface area (Å²) < 4.78 is 6.60. The molecule has 1 unspecified atom stereocenters. The van der Waals surface area contributed by atoms with Crippen LogP contribution in [0.25, 0.3) is 5.82 Å². The second-order valence-corrected chi connectivity index (χ2v) is 6.20. The van der Waals surface area contributed by atoms with Gasteiger partial charge in [0.25, 0.3) is 0 Å². The summed E-state index contributed by atoms with van der Waals surface area (Å²) in [5.74, 6) is 1.49. The highest BCUT2D eigenvalue weighted by Gasteiger charge is 2.27. The maximum absolute atomic E-state index is 12.5. The standard InChI is InChI=1S/C16H18N8O2/c1-11-7-15(26-22-11)19-16(25)12-3-2-6-23(8-12)13-4-5-14(21-20-13)24-10-17-9-18-24/h4-5,7,9-10,12H,2-3,6,8H2,1H3,(H,19,25). The van der Waals surface area contributed by atoms with Crippen LogP contribution in [-0.4, -0.2) is 49.1 Å². The normalized spacial score (nSPS) is 17.3. The lowest BCUT2D eigenvalue weighted by molar-refractivity contribution is -0.120. The second-order valence-electron chi connectivity index (χ2n) is 6.20. The maximum atomic E-state index is 12.5. The lowest BCUT2D eigenvalue weighted by atomic mass is 9.97. The molecule has 0 spiro atoms. The van der Waals surface area contributed by atoms with Crippen LogP contribution < -0.4 is 10.2 Å². The van der Waals surface area contributed by atoms with E-state index in [0.29, 0.717) is 18.2 Å². The summed E-state index contributed by atoms with van der Waals surface area (Å²) >= 11 is 0. The molecular weight excluding hydrogens is 336 g/mol. The zero-order valence-corrected chi connectivity index (χ0v) is 14.2. The first-order valence-electron chi connectivity index (χ1n) is 8.37. The smallest absolute Gasteiger partial charge is 0.231 e. The predicted molar refractivity (Wildman–Crippen MR) is 91.8 cm³/mol. The fourth-order valence-corrected chi connectivity index (χ4v) is 2.98. The first-order valence-corrected chi connectivity index (χ1v) is 8.37. The molecule has 0 aliphatic carbocycles. The topological polar surface area (TPSA) is 115 Å². The summed E-state index contributed by atoms with van der Waals surface area (Å²) in [6.07, 6.45) is 4.73. The summed E-state index contributed by atoms with van der Waals surface area (Å²) in [4.78, 5) is 18.4. The molecule has 3 aromatic rings. The van der Waals surface area contributed by atoms with Crippen LogP contribution in [0.15, 0.2) is 35.4 Å². The number of hydrogen-bond acceptors (Lipinski definition) is 8. The van der Waals surface area contributed by atoms with Gasteiger partial charge in [0, 0.05) is 19.2 Å². The van der Waals surface area contributed by atoms with Crippen molar-refractivity contribution in [3.8, 4) is 5.82 Å². The molecule has 3 aromatic heterocycles. The Balaban J connectivity index is 1.42. The van der Waals surface area contributed by atoms with Crippen LogP contribution in [0.3, 0.4) is 0 Å². The fraction of sp³-hybridized carbons (Fsp3) is 0.375. The molecule has 0 radical (unpaired) electrons. The third kappa shape index (κ3) is 3.39. The first kappa shape index (κ1) is 16.2. The van der Waals surface area contributed by atoms with Crippen LogP contribution in [0.2, 0.25) is 0 Å². The monoisotopic (exact) mass is 354 g/mol. The highest BCUT2D eigenvalue weighted by Crippen LogP contribution is 2.23. The Morgan fingerprint density at radius 1 is 1.31 bits per heavy atom. The summed E-state index contributed by atoms with van der Waals surface area (Å²) in [5.41, 5.74) is 0.730. The highest BCUT2D eigenvalue weighted by atomic mass is 16.5. The van der Waals surface area contributed by atoms with Crippen LogP contribution in [0, 0.1) is 12.8 Å². The summed E-state index contributed by atoms with van der Waals surface area (Å²) in [7, 11) is 0. The quantitative estimate of drug-likeness (QED) is 0.743. The average molecular weight is 354 g/mol. The molecule has 1 atom stereocenters. The molecule has 0 aromatic carbocycles. The molecule has 10 heteroatoms. The lowest BCUT2D eigenvalue weighted by Gasteiger charge is -2.32. The van der Waals surface area contributed by atoms with E-state index in [1.807, 2.05) is 19.1 Å². The molecule has 1 saturated heterocycles. The zero-order chi connectivity index (χ0) is 17.9. The number of aromatic nitrogens is 6. The second kappa shape index (κ2) is 6.90. The van der Waals surface area contributed by atoms with E-state index in [2.05, 4.69) is 35.7 Å². The Kier molecular flexibility index (Phi) is 4.30. The summed E-state index contributed by atoms with van der Waals surface area (Å²) in [6.45, 7) is 3.22. The van der Waals surface area contributed by atoms with E-state index in [1.165, 1.54) is 6.33 Å². The number of anilines is 2. The number of nitrogens with one attached hydrogen (secondary N) is 1. The Morgan fingerprint density at radius 3 is 2.85 bits per heavy atom. The van der Waals surface area contributed by atoms with Gasteiger partial charge in [-0.3, -0.25) is 10.1 Å². The van der Waals surface area contributed by atoms with Gasteiger partial charge in [0.2, 0.25) is 11.8 Å². The van der Waals surface area contributed by atoms with E-state index in [0.717, 1.165) is 30.9 Å². The number of carbonyl (C=O) groups excluding carboxylic acids is 1. The van der Waals surface area contributed by atoms with Crippen molar-refractivity contribution in [2.45, 2.75) is 19.8 Å². The molecule has 4 heterocycles. The SMILES string of the molecule is Cc1cc(NC(=O)C2CCCN(c3ccc(-n4cncn4)nn3)C2)on1. The van der Waals surface area contributed by atoms with Crippen molar-refractivity contribution in [2.24, 2.45) is 5.92 Å². The van der Waals surface area contributed by atoms with Crippen LogP contribution >= 0.6 is 0 Å². The van der Waals surface area contributed by atoms with Gasteiger partial charge in [-0.05, 0) is 31.9 Å². The molecule has 1 fully saturated rings. The van der Waals surface area contributed by atoms with Crippen molar-refractivity contribution in [3.05, 3.63) is 36.5 Å². The minimum absolute atomic E-state index is 0.0713. The fourth-order valence-electron chi connectivity index (χ4n) is 2.98. The van der Waals surface area contributed by atoms with Crippen molar-refractivity contribution < 1.29 is 9.32 Å². The Hall–Kier alpha value is -3.30. The molecule has 0 bridgehead atoms. The minimum Gasteiger partial charge on any atom is -0.354 e. The van der Waals surface area contributed by atoms with Crippen molar-refractivity contribution in [1.82, 2.24) is 30.1 Å². The van der Waals surface area contributed by atoms with Gasteiger partial charge in [-0.1, -0.05) is 5.16 Å². The van der Waals surface area contributed by atoms with E-state index in [-0.39, 0.29) is 11.8 Å². The first-order chi connectivity index (χ1) is 12.7. The molecular formula is C16H18N8O2. The molecule has 0 saturated carbocycles. The van der Waals surface area contributed by atoms with Crippen molar-refractivity contribution in [2.75, 3.05) is 23.3 Å². The van der Waals surface area contributed by atoms with E-state index in [4.69, 9.17) is 4.52 Å². The Morgan fingerprint density at radius 2 is 2.15 bits per heavy atom. The van der Waals surface area contributed by atoms with Crippen LogP contribution in [-0.2, 0) is 4.79 Å². The van der Waals surface area contributed by atoms with Gasteiger partial charge in [-0.25, -0.2) is 9.67 Å². The Bertz CT molecular complexity index is 874. The third-order valence-electron chi connectivity index (χ3n) is 4.28. The molecule has 1 aliphatic rings. The van der Waals surface area contributed by atoms with Crippen LogP contribution in [0.5, 0.6) is 0 Å². The van der Waals surface area contributed by atoms with Gasteiger partial charge >= 0.3 is 0 Å². The predicted octanol–water partition coefficient (Wildman–Crippen LogP) is 1.21. The van der Waals surface area contributed by atoms with Gasteiger partial charge in [-0.15, -0.1) is 10.2 Å². The summed E-state index contributed by atoms with van der Waals surface area (Å²) in [6, 6.07) is 5.41. The zero-order valence-electron chi connectivity index (χ0n) is 14.2. The van der Waals surface area contributed by atoms with Crippen molar-refractivity contribution in [1.29, 1.82) is 0 Å². The minimum atomic E-state index is -0.147. The molecule has 1 aliphatic heterocycles. The number of carbonyl (C=O) groups is 1. The number of amides is 1. The van der Waals surface area contributed by atoms with E-state index in [1.54, 1.807) is 17.1 Å². The van der Waals surface area contributed by atoms with E-state index in [9.17, 15) is 4.79 Å². The van der Waals surface area contributed by atoms with Gasteiger partial charge < -0.3 is 9.42 Å². The average Bonchev–Trinajstić information content (AvgIpc) is 3.34. The van der Waals surface area contributed by atoms with E-state index < -0.39 is 0 Å². The number of rotatable bonds is 4. The van der Waals surface area contributed by atoms with Crippen LogP contribution in [0.4, 0.5) is 11.7 Å². The molecule has 134 valence electrons. The van der Waals surface area contributed by atoms with Gasteiger partial charge in [-0.2, -0.15) is 5.10 Å². The number of aryl methyl sites for hydroxylation is 1. The lowest BCUT2D eigenvalue weighted by Crippen LogP contribution is -2.41.